The first-order valence-electron chi connectivity index (χ1n) is 6.77. The highest BCUT2D eigenvalue weighted by atomic mass is 35.5. The van der Waals surface area contributed by atoms with Crippen molar-refractivity contribution in [1.82, 2.24) is 10.2 Å². The molecule has 0 saturated carbocycles. The minimum absolute atomic E-state index is 0.342. The Hall–Kier alpha value is -0.570. The molecule has 0 aromatic heterocycles. The van der Waals surface area contributed by atoms with Crippen LogP contribution in [0.5, 0.6) is 0 Å². The van der Waals surface area contributed by atoms with Gasteiger partial charge in [0.05, 0.1) is 0 Å². The van der Waals surface area contributed by atoms with Crippen LogP contribution in [0.2, 0.25) is 5.02 Å². The largest absolute Gasteiger partial charge is 0.318 e. The number of rotatable bonds is 5. The molecule has 1 aromatic rings. The molecule has 1 aliphatic heterocycles. The lowest BCUT2D eigenvalue weighted by Crippen LogP contribution is -2.48. The van der Waals surface area contributed by atoms with Crippen molar-refractivity contribution < 1.29 is 0 Å². The van der Waals surface area contributed by atoms with Crippen molar-refractivity contribution in [1.29, 1.82) is 0 Å². The zero-order valence-electron chi connectivity index (χ0n) is 11.4. The van der Waals surface area contributed by atoms with Gasteiger partial charge in [-0.3, -0.25) is 4.90 Å². The van der Waals surface area contributed by atoms with Gasteiger partial charge in [0.25, 0.3) is 0 Å². The predicted molar refractivity (Wildman–Crippen MR) is 78.3 cm³/mol. The summed E-state index contributed by atoms with van der Waals surface area (Å²) >= 11 is 5.92. The van der Waals surface area contributed by atoms with E-state index in [9.17, 15) is 0 Å². The summed E-state index contributed by atoms with van der Waals surface area (Å²) in [5.41, 5.74) is 1.73. The first kappa shape index (κ1) is 13.9. The zero-order chi connectivity index (χ0) is 13.0. The Morgan fingerprint density at radius 3 is 2.61 bits per heavy atom. The number of nitrogens with zero attached hydrogens (tertiary/aromatic N) is 1. The number of aryl methyl sites for hydroxylation is 1. The summed E-state index contributed by atoms with van der Waals surface area (Å²) in [6.45, 7) is 2.30. The molecule has 1 saturated heterocycles. The summed E-state index contributed by atoms with van der Waals surface area (Å²) in [6.07, 6.45) is 4.96. The summed E-state index contributed by atoms with van der Waals surface area (Å²) < 4.78 is 0. The Labute approximate surface area is 115 Å². The Balaban J connectivity index is 1.99. The van der Waals surface area contributed by atoms with Crippen LogP contribution < -0.4 is 5.32 Å². The molecular weight excluding hydrogens is 244 g/mol. The number of likely N-dealkylation sites (tertiary alicyclic amines) is 1. The normalized spacial score (nSPS) is 24.6. The number of hydrogen-bond donors (Lipinski definition) is 1. The molecule has 1 unspecified atom stereocenters. The smallest absolute Gasteiger partial charge is 0.0406 e. The number of nitrogens with one attached hydrogen (secondary N) is 1. The molecule has 1 atom stereocenters. The van der Waals surface area contributed by atoms with E-state index in [2.05, 4.69) is 36.4 Å². The van der Waals surface area contributed by atoms with E-state index in [0.717, 1.165) is 18.0 Å². The maximum Gasteiger partial charge on any atom is 0.0406 e. The van der Waals surface area contributed by atoms with Crippen LogP contribution in [0.4, 0.5) is 0 Å². The third kappa shape index (κ3) is 3.05. The zero-order valence-corrected chi connectivity index (χ0v) is 12.1. The molecule has 2 nitrogen and oxygen atoms in total. The number of hydrogen-bond acceptors (Lipinski definition) is 2. The summed E-state index contributed by atoms with van der Waals surface area (Å²) in [7, 11) is 4.31. The van der Waals surface area contributed by atoms with Gasteiger partial charge in [-0.1, -0.05) is 23.7 Å². The third-order valence-electron chi connectivity index (χ3n) is 4.24. The van der Waals surface area contributed by atoms with Gasteiger partial charge >= 0.3 is 0 Å². The average Bonchev–Trinajstić information content (AvgIpc) is 2.71. The van der Waals surface area contributed by atoms with E-state index < -0.39 is 0 Å². The third-order valence-corrected chi connectivity index (χ3v) is 4.50. The highest BCUT2D eigenvalue weighted by Crippen LogP contribution is 2.31. The van der Waals surface area contributed by atoms with Crippen molar-refractivity contribution in [2.45, 2.75) is 31.2 Å². The van der Waals surface area contributed by atoms with Crippen molar-refractivity contribution in [3.8, 4) is 0 Å². The van der Waals surface area contributed by atoms with Crippen LogP contribution in [0, 0.1) is 0 Å². The van der Waals surface area contributed by atoms with Crippen molar-refractivity contribution in [3.63, 3.8) is 0 Å². The Morgan fingerprint density at radius 2 is 2.06 bits per heavy atom. The van der Waals surface area contributed by atoms with Crippen LogP contribution in [-0.4, -0.2) is 37.6 Å². The molecule has 0 amide bonds. The monoisotopic (exact) mass is 266 g/mol. The van der Waals surface area contributed by atoms with Crippen molar-refractivity contribution >= 4 is 11.6 Å². The molecule has 0 radical (unpaired) electrons. The maximum absolute atomic E-state index is 5.92. The highest BCUT2D eigenvalue weighted by molar-refractivity contribution is 6.30. The van der Waals surface area contributed by atoms with Crippen LogP contribution in [-0.2, 0) is 6.42 Å². The van der Waals surface area contributed by atoms with Gasteiger partial charge in [-0.25, -0.2) is 0 Å². The number of benzene rings is 1. The van der Waals surface area contributed by atoms with Crippen molar-refractivity contribution in [2.24, 2.45) is 0 Å². The van der Waals surface area contributed by atoms with E-state index in [1.807, 2.05) is 12.1 Å². The fraction of sp³-hybridized carbons (Fsp3) is 0.600. The van der Waals surface area contributed by atoms with Gasteiger partial charge in [0.2, 0.25) is 0 Å². The molecule has 1 aromatic carbocycles. The molecule has 100 valence electrons. The predicted octanol–water partition coefficient (Wildman–Crippen LogP) is 2.96. The van der Waals surface area contributed by atoms with Crippen LogP contribution in [0.25, 0.3) is 0 Å². The maximum atomic E-state index is 5.92. The number of halogens is 1. The second-order valence-electron chi connectivity index (χ2n) is 5.41. The quantitative estimate of drug-likeness (QED) is 0.882. The molecular formula is C15H23ClN2. The molecule has 1 N–H and O–H groups in total. The van der Waals surface area contributed by atoms with Crippen molar-refractivity contribution in [3.05, 3.63) is 34.9 Å². The Bertz CT molecular complexity index is 377. The first-order chi connectivity index (χ1) is 8.66. The Kier molecular flexibility index (Phi) is 4.66. The van der Waals surface area contributed by atoms with Gasteiger partial charge in [-0.15, -0.1) is 0 Å². The topological polar surface area (TPSA) is 15.3 Å². The van der Waals surface area contributed by atoms with Gasteiger partial charge in [0.1, 0.15) is 0 Å². The summed E-state index contributed by atoms with van der Waals surface area (Å²) in [5, 5.41) is 4.18. The molecule has 18 heavy (non-hydrogen) atoms. The SMILES string of the molecule is CNCC1(CCc2ccc(Cl)cc2)CCCN1C. The fourth-order valence-corrected chi connectivity index (χ4v) is 3.18. The fourth-order valence-electron chi connectivity index (χ4n) is 3.06. The van der Waals surface area contributed by atoms with Gasteiger partial charge in [0.15, 0.2) is 0 Å². The first-order valence-corrected chi connectivity index (χ1v) is 7.14. The van der Waals surface area contributed by atoms with Gasteiger partial charge < -0.3 is 5.32 Å². The van der Waals surface area contributed by atoms with Gasteiger partial charge in [-0.2, -0.15) is 0 Å². The molecule has 3 heteroatoms. The van der Waals surface area contributed by atoms with E-state index >= 15 is 0 Å². The molecule has 2 rings (SSSR count). The molecule has 0 spiro atoms. The molecule has 1 fully saturated rings. The molecule has 0 aliphatic carbocycles. The van der Waals surface area contributed by atoms with Crippen LogP contribution in [0.15, 0.2) is 24.3 Å². The molecule has 0 bridgehead atoms. The second kappa shape index (κ2) is 6.05. The minimum Gasteiger partial charge on any atom is -0.318 e. The summed E-state index contributed by atoms with van der Waals surface area (Å²) in [6, 6.07) is 8.26. The minimum atomic E-state index is 0.342. The van der Waals surface area contributed by atoms with Crippen molar-refractivity contribution in [2.75, 3.05) is 27.2 Å². The lowest BCUT2D eigenvalue weighted by molar-refractivity contribution is 0.159. The summed E-state index contributed by atoms with van der Waals surface area (Å²) in [5.74, 6) is 0. The molecule has 1 heterocycles. The van der Waals surface area contributed by atoms with E-state index in [1.54, 1.807) is 0 Å². The lowest BCUT2D eigenvalue weighted by atomic mass is 9.88. The van der Waals surface area contributed by atoms with E-state index in [4.69, 9.17) is 11.6 Å². The van der Waals surface area contributed by atoms with Gasteiger partial charge in [-0.05, 0) is 64.0 Å². The van der Waals surface area contributed by atoms with Crippen LogP contribution in [0.1, 0.15) is 24.8 Å². The number of likely N-dealkylation sites (N-methyl/N-ethyl adjacent to an activating group) is 2. The average molecular weight is 267 g/mol. The molecule has 1 aliphatic rings. The van der Waals surface area contributed by atoms with Crippen LogP contribution >= 0.6 is 11.6 Å². The van der Waals surface area contributed by atoms with Gasteiger partial charge in [0, 0.05) is 17.1 Å². The lowest BCUT2D eigenvalue weighted by Gasteiger charge is -2.36. The van der Waals surface area contributed by atoms with E-state index in [-0.39, 0.29) is 0 Å². The van der Waals surface area contributed by atoms with E-state index in [1.165, 1.54) is 31.4 Å². The standard InChI is InChI=1S/C15H23ClN2/c1-17-12-15(9-3-11-18(15)2)10-8-13-4-6-14(16)7-5-13/h4-7,17H,3,8-12H2,1-2H3. The second-order valence-corrected chi connectivity index (χ2v) is 5.84. The summed E-state index contributed by atoms with van der Waals surface area (Å²) in [4.78, 5) is 2.53. The van der Waals surface area contributed by atoms with Crippen LogP contribution in [0.3, 0.4) is 0 Å². The highest BCUT2D eigenvalue weighted by Gasteiger charge is 2.37. The van der Waals surface area contributed by atoms with E-state index in [0.29, 0.717) is 5.54 Å². The Morgan fingerprint density at radius 1 is 1.33 bits per heavy atom.